The van der Waals surface area contributed by atoms with Gasteiger partial charge in [-0.25, -0.2) is 4.79 Å². The fraction of sp³-hybridized carbons (Fsp3) is 0.278. The van der Waals surface area contributed by atoms with Crippen molar-refractivity contribution in [3.63, 3.8) is 0 Å². The van der Waals surface area contributed by atoms with Gasteiger partial charge in [0, 0.05) is 12.2 Å². The largest absolute Gasteiger partial charge is 0.497 e. The number of nitrogens with one attached hydrogen (secondary N) is 2. The van der Waals surface area contributed by atoms with Crippen molar-refractivity contribution in [2.24, 2.45) is 0 Å². The van der Waals surface area contributed by atoms with E-state index in [0.717, 1.165) is 6.07 Å². The van der Waals surface area contributed by atoms with Crippen LogP contribution >= 0.6 is 0 Å². The molecule has 26 heavy (non-hydrogen) atoms. The molecule has 8 heteroatoms. The van der Waals surface area contributed by atoms with E-state index in [-0.39, 0.29) is 17.9 Å². The molecule has 2 aromatic rings. The lowest BCUT2D eigenvalue weighted by Gasteiger charge is -2.15. The first kappa shape index (κ1) is 19.4. The Morgan fingerprint density at radius 1 is 1.08 bits per heavy atom. The maximum atomic E-state index is 13.1. The monoisotopic (exact) mass is 368 g/mol. The summed E-state index contributed by atoms with van der Waals surface area (Å²) in [6.07, 6.45) is -4.54. The molecular formula is C18H19F3N2O3. The molecule has 0 aliphatic carbocycles. The molecule has 0 unspecified atom stereocenters. The van der Waals surface area contributed by atoms with Gasteiger partial charge in [-0.15, -0.1) is 0 Å². The van der Waals surface area contributed by atoms with Crippen molar-refractivity contribution < 1.29 is 27.4 Å². The van der Waals surface area contributed by atoms with Crippen molar-refractivity contribution in [2.75, 3.05) is 19.0 Å². The molecule has 0 heterocycles. The molecule has 0 saturated heterocycles. The first-order chi connectivity index (χ1) is 12.3. The van der Waals surface area contributed by atoms with E-state index < -0.39 is 17.8 Å². The van der Waals surface area contributed by atoms with Crippen molar-refractivity contribution in [3.05, 3.63) is 53.6 Å². The van der Waals surface area contributed by atoms with Gasteiger partial charge in [0.15, 0.2) is 0 Å². The highest BCUT2D eigenvalue weighted by Gasteiger charge is 2.33. The second kappa shape index (κ2) is 8.46. The van der Waals surface area contributed by atoms with Crippen LogP contribution in [0.4, 0.5) is 23.7 Å². The number of ether oxygens (including phenoxy) is 2. The summed E-state index contributed by atoms with van der Waals surface area (Å²) < 4.78 is 49.5. The molecule has 0 aliphatic heterocycles. The number of amides is 2. The minimum Gasteiger partial charge on any atom is -0.497 e. The Morgan fingerprint density at radius 2 is 1.73 bits per heavy atom. The first-order valence-corrected chi connectivity index (χ1v) is 7.85. The van der Waals surface area contributed by atoms with E-state index in [2.05, 4.69) is 10.6 Å². The molecule has 0 radical (unpaired) electrons. The summed E-state index contributed by atoms with van der Waals surface area (Å²) in [6, 6.07) is 9.63. The molecule has 0 fully saturated rings. The molecule has 2 amide bonds. The number of carbonyl (C=O) groups excluding carboxylic acids is 1. The average Bonchev–Trinajstić information content (AvgIpc) is 2.61. The van der Waals surface area contributed by atoms with Crippen LogP contribution in [0.25, 0.3) is 0 Å². The number of anilines is 1. The van der Waals surface area contributed by atoms with Gasteiger partial charge in [-0.2, -0.15) is 13.2 Å². The molecule has 0 aromatic heterocycles. The number of hydrogen-bond acceptors (Lipinski definition) is 3. The molecule has 0 saturated carbocycles. The maximum absolute atomic E-state index is 13.1. The van der Waals surface area contributed by atoms with Gasteiger partial charge in [0.2, 0.25) is 0 Å². The lowest BCUT2D eigenvalue weighted by Crippen LogP contribution is -2.29. The number of benzene rings is 2. The van der Waals surface area contributed by atoms with Gasteiger partial charge in [-0.3, -0.25) is 0 Å². The zero-order chi connectivity index (χ0) is 19.2. The molecule has 2 rings (SSSR count). The predicted octanol–water partition coefficient (Wildman–Crippen LogP) is 4.43. The summed E-state index contributed by atoms with van der Waals surface area (Å²) in [5, 5.41) is 4.97. The van der Waals surface area contributed by atoms with Crippen LogP contribution in [0.1, 0.15) is 18.1 Å². The number of rotatable bonds is 6. The van der Waals surface area contributed by atoms with Crippen molar-refractivity contribution in [1.29, 1.82) is 0 Å². The van der Waals surface area contributed by atoms with E-state index in [1.54, 1.807) is 24.3 Å². The highest BCUT2D eigenvalue weighted by Crippen LogP contribution is 2.34. The van der Waals surface area contributed by atoms with Gasteiger partial charge < -0.3 is 20.1 Å². The van der Waals surface area contributed by atoms with Crippen LogP contribution in [0.15, 0.2) is 42.5 Å². The quantitative estimate of drug-likeness (QED) is 0.793. The van der Waals surface area contributed by atoms with E-state index in [4.69, 9.17) is 9.47 Å². The summed E-state index contributed by atoms with van der Waals surface area (Å²) in [5.41, 5.74) is -0.407. The molecule has 5 nitrogen and oxygen atoms in total. The summed E-state index contributed by atoms with van der Waals surface area (Å²) in [7, 11) is 1.29. The SMILES string of the molecule is CCOc1ccc(NC(=O)NCc2ccc(OC)cc2C(F)(F)F)cc1. The third-order valence-electron chi connectivity index (χ3n) is 3.49. The highest BCUT2D eigenvalue weighted by molar-refractivity contribution is 5.89. The third-order valence-corrected chi connectivity index (χ3v) is 3.49. The number of carbonyl (C=O) groups is 1. The van der Waals surface area contributed by atoms with E-state index in [1.807, 2.05) is 6.92 Å². The smallest absolute Gasteiger partial charge is 0.416 e. The molecule has 0 spiro atoms. The van der Waals surface area contributed by atoms with Crippen molar-refractivity contribution in [1.82, 2.24) is 5.32 Å². The topological polar surface area (TPSA) is 59.6 Å². The summed E-state index contributed by atoms with van der Waals surface area (Å²) in [5.74, 6) is 0.756. The van der Waals surface area contributed by atoms with Crippen molar-refractivity contribution in [2.45, 2.75) is 19.6 Å². The Hall–Kier alpha value is -2.90. The Kier molecular flexibility index (Phi) is 6.32. The summed E-state index contributed by atoms with van der Waals surface area (Å²) in [4.78, 5) is 11.9. The van der Waals surface area contributed by atoms with Crippen molar-refractivity contribution >= 4 is 11.7 Å². The minimum absolute atomic E-state index is 0.0554. The second-order valence-electron chi connectivity index (χ2n) is 5.29. The Morgan fingerprint density at radius 3 is 2.31 bits per heavy atom. The van der Waals surface area contributed by atoms with Crippen LogP contribution in [0.3, 0.4) is 0 Å². The molecule has 0 atom stereocenters. The minimum atomic E-state index is -4.54. The number of methoxy groups -OCH3 is 1. The Bertz CT molecular complexity index is 746. The summed E-state index contributed by atoms with van der Waals surface area (Å²) >= 11 is 0. The van der Waals surface area contributed by atoms with Gasteiger partial charge in [-0.1, -0.05) is 6.07 Å². The molecule has 0 bridgehead atoms. The number of halogens is 3. The molecule has 2 aromatic carbocycles. The Balaban J connectivity index is 2.00. The lowest BCUT2D eigenvalue weighted by molar-refractivity contribution is -0.138. The standard InChI is InChI=1S/C18H19F3N2O3/c1-3-26-14-8-5-13(6-9-14)23-17(24)22-11-12-4-7-15(25-2)10-16(12)18(19,20)21/h4-10H,3,11H2,1-2H3,(H2,22,23,24). The van der Waals surface area contributed by atoms with Crippen LogP contribution in [0, 0.1) is 0 Å². The average molecular weight is 368 g/mol. The van der Waals surface area contributed by atoms with Gasteiger partial charge >= 0.3 is 12.2 Å². The van der Waals surface area contributed by atoms with E-state index in [0.29, 0.717) is 18.0 Å². The third kappa shape index (κ3) is 5.30. The molecule has 140 valence electrons. The van der Waals surface area contributed by atoms with Crippen LogP contribution in [-0.4, -0.2) is 19.7 Å². The molecular weight excluding hydrogens is 349 g/mol. The number of alkyl halides is 3. The molecule has 0 aliphatic rings. The predicted molar refractivity (Wildman–Crippen MR) is 91.5 cm³/mol. The van der Waals surface area contributed by atoms with Crippen LogP contribution in [0.5, 0.6) is 11.5 Å². The highest BCUT2D eigenvalue weighted by atomic mass is 19.4. The summed E-state index contributed by atoms with van der Waals surface area (Å²) in [6.45, 7) is 2.10. The lowest BCUT2D eigenvalue weighted by atomic mass is 10.1. The van der Waals surface area contributed by atoms with Gasteiger partial charge in [0.25, 0.3) is 0 Å². The van der Waals surface area contributed by atoms with Gasteiger partial charge in [0.05, 0.1) is 19.3 Å². The fourth-order valence-corrected chi connectivity index (χ4v) is 2.25. The Labute approximate surface area is 149 Å². The van der Waals surface area contributed by atoms with Crippen LogP contribution < -0.4 is 20.1 Å². The van der Waals surface area contributed by atoms with E-state index >= 15 is 0 Å². The fourth-order valence-electron chi connectivity index (χ4n) is 2.25. The maximum Gasteiger partial charge on any atom is 0.416 e. The zero-order valence-electron chi connectivity index (χ0n) is 14.3. The van der Waals surface area contributed by atoms with E-state index in [1.165, 1.54) is 19.2 Å². The number of urea groups is 1. The first-order valence-electron chi connectivity index (χ1n) is 7.85. The zero-order valence-corrected chi connectivity index (χ0v) is 14.3. The van der Waals surface area contributed by atoms with E-state index in [9.17, 15) is 18.0 Å². The number of hydrogen-bond donors (Lipinski definition) is 2. The van der Waals surface area contributed by atoms with Gasteiger partial charge in [0.1, 0.15) is 11.5 Å². The second-order valence-corrected chi connectivity index (χ2v) is 5.29. The molecule has 2 N–H and O–H groups in total. The van der Waals surface area contributed by atoms with Crippen LogP contribution in [-0.2, 0) is 12.7 Å². The van der Waals surface area contributed by atoms with Crippen molar-refractivity contribution in [3.8, 4) is 11.5 Å². The van der Waals surface area contributed by atoms with Gasteiger partial charge in [-0.05, 0) is 48.9 Å². The normalized spacial score (nSPS) is 11.0. The van der Waals surface area contributed by atoms with Crippen LogP contribution in [0.2, 0.25) is 0 Å².